The lowest BCUT2D eigenvalue weighted by Crippen LogP contribution is -2.41. The van der Waals surface area contributed by atoms with Gasteiger partial charge in [0, 0.05) is 42.3 Å². The number of para-hydroxylation sites is 1. The minimum Gasteiger partial charge on any atom is -0.378 e. The van der Waals surface area contributed by atoms with E-state index in [1.54, 1.807) is 11.0 Å². The van der Waals surface area contributed by atoms with Crippen molar-refractivity contribution < 1.29 is 14.3 Å². The number of hydrazone groups is 1. The lowest BCUT2D eigenvalue weighted by Gasteiger charge is -2.26. The van der Waals surface area contributed by atoms with Crippen molar-refractivity contribution in [2.45, 2.75) is 19.9 Å². The summed E-state index contributed by atoms with van der Waals surface area (Å²) >= 11 is 1.17. The van der Waals surface area contributed by atoms with E-state index in [1.165, 1.54) is 27.9 Å². The second-order valence-electron chi connectivity index (χ2n) is 9.40. The lowest BCUT2D eigenvalue weighted by molar-refractivity contribution is -0.133. The Kier molecular flexibility index (Phi) is 6.42. The van der Waals surface area contributed by atoms with E-state index in [9.17, 15) is 9.59 Å². The normalized spacial score (nSPS) is 18.7. The largest absolute Gasteiger partial charge is 0.378 e. The molecule has 192 valence electrons. The van der Waals surface area contributed by atoms with Gasteiger partial charge < -0.3 is 14.2 Å². The number of thioether (sulfide) groups is 1. The van der Waals surface area contributed by atoms with Crippen LogP contribution in [0.2, 0.25) is 0 Å². The molecule has 0 bridgehead atoms. The molecule has 3 aromatic rings. The number of nitrogens with zero attached hydrogens (tertiary/aromatic N) is 5. The molecule has 0 spiro atoms. The van der Waals surface area contributed by atoms with Crippen molar-refractivity contribution >= 4 is 56.6 Å². The van der Waals surface area contributed by atoms with Gasteiger partial charge in [-0.2, -0.15) is 15.1 Å². The minimum atomic E-state index is -0.486. The van der Waals surface area contributed by atoms with Crippen molar-refractivity contribution in [3.8, 4) is 0 Å². The zero-order valence-electron chi connectivity index (χ0n) is 20.9. The van der Waals surface area contributed by atoms with Gasteiger partial charge in [0.2, 0.25) is 11.1 Å². The Bertz CT molecular complexity index is 1560. The summed E-state index contributed by atoms with van der Waals surface area (Å²) in [6, 6.07) is 16.4. The van der Waals surface area contributed by atoms with Gasteiger partial charge in [-0.05, 0) is 36.4 Å². The van der Waals surface area contributed by atoms with Crippen molar-refractivity contribution in [3.05, 3.63) is 77.0 Å². The molecule has 1 saturated heterocycles. The Morgan fingerprint density at radius 3 is 2.79 bits per heavy atom. The number of hydrogen-bond acceptors (Lipinski definition) is 6. The third-order valence-electron chi connectivity index (χ3n) is 6.72. The fourth-order valence-corrected chi connectivity index (χ4v) is 5.72. The van der Waals surface area contributed by atoms with Crippen LogP contribution in [0.15, 0.2) is 70.4 Å². The molecule has 2 aromatic carbocycles. The van der Waals surface area contributed by atoms with Gasteiger partial charge in [0.05, 0.1) is 25.2 Å². The number of carbonyl (C=O) groups excluding carboxylic acids is 2. The number of rotatable bonds is 5. The van der Waals surface area contributed by atoms with Crippen LogP contribution in [0.25, 0.3) is 17.0 Å². The Balaban J connectivity index is 1.28. The van der Waals surface area contributed by atoms with E-state index >= 15 is 0 Å². The molecule has 9 nitrogen and oxygen atoms in total. The molecule has 0 radical (unpaired) electrons. The highest BCUT2D eigenvalue weighted by molar-refractivity contribution is 8.27. The van der Waals surface area contributed by atoms with Gasteiger partial charge >= 0.3 is 0 Å². The fraction of sp³-hybridized carbons (Fsp3) is 0.250. The molecule has 2 amide bonds. The van der Waals surface area contributed by atoms with E-state index in [0.717, 1.165) is 16.5 Å². The number of hydrogen-bond donors (Lipinski definition) is 1. The van der Waals surface area contributed by atoms with Gasteiger partial charge in [0.15, 0.2) is 5.84 Å². The van der Waals surface area contributed by atoms with Crippen LogP contribution >= 0.6 is 11.8 Å². The van der Waals surface area contributed by atoms with E-state index in [0.29, 0.717) is 43.1 Å². The van der Waals surface area contributed by atoms with Crippen LogP contribution < -0.4 is 0 Å². The zero-order chi connectivity index (χ0) is 26.2. The van der Waals surface area contributed by atoms with Gasteiger partial charge in [0.25, 0.3) is 5.91 Å². The van der Waals surface area contributed by atoms with Gasteiger partial charge in [-0.25, -0.2) is 0 Å². The number of aliphatic imine (C=N–C) groups is 1. The van der Waals surface area contributed by atoms with E-state index in [4.69, 9.17) is 10.1 Å². The number of aromatic nitrogens is 1. The predicted octanol–water partition coefficient (Wildman–Crippen LogP) is 3.87. The highest BCUT2D eigenvalue weighted by Gasteiger charge is 2.36. The number of carbonyl (C=O) groups is 2. The molecule has 38 heavy (non-hydrogen) atoms. The summed E-state index contributed by atoms with van der Waals surface area (Å²) < 4.78 is 7.47. The molecular formula is C28H26N6O3S. The van der Waals surface area contributed by atoms with Crippen LogP contribution in [0.5, 0.6) is 0 Å². The summed E-state index contributed by atoms with van der Waals surface area (Å²) in [6.07, 6.45) is 3.83. The number of amidine groups is 2. The first-order valence-corrected chi connectivity index (χ1v) is 13.3. The van der Waals surface area contributed by atoms with E-state index < -0.39 is 5.91 Å². The maximum Gasteiger partial charge on any atom is 0.283 e. The van der Waals surface area contributed by atoms with E-state index in [1.807, 2.05) is 30.5 Å². The molecule has 3 aliphatic heterocycles. The minimum absolute atomic E-state index is 0.0446. The summed E-state index contributed by atoms with van der Waals surface area (Å²) in [4.78, 5) is 31.6. The lowest BCUT2D eigenvalue weighted by atomic mass is 10.1. The van der Waals surface area contributed by atoms with Crippen molar-refractivity contribution in [1.82, 2.24) is 14.5 Å². The van der Waals surface area contributed by atoms with Crippen LogP contribution in [-0.2, 0) is 20.9 Å². The van der Waals surface area contributed by atoms with Crippen LogP contribution in [-0.4, -0.2) is 68.6 Å². The first-order valence-electron chi connectivity index (χ1n) is 12.4. The first-order chi connectivity index (χ1) is 18.5. The summed E-state index contributed by atoms with van der Waals surface area (Å²) in [5, 5.41) is 16.4. The van der Waals surface area contributed by atoms with Gasteiger partial charge in [-0.1, -0.05) is 48.0 Å². The molecule has 0 aliphatic carbocycles. The molecule has 0 atom stereocenters. The maximum atomic E-state index is 13.0. The van der Waals surface area contributed by atoms with Crippen molar-refractivity contribution in [2.24, 2.45) is 10.1 Å². The quantitative estimate of drug-likeness (QED) is 0.509. The molecule has 1 aromatic heterocycles. The van der Waals surface area contributed by atoms with E-state index in [2.05, 4.69) is 45.9 Å². The van der Waals surface area contributed by atoms with Crippen LogP contribution in [0, 0.1) is 12.3 Å². The first kappa shape index (κ1) is 24.3. The smallest absolute Gasteiger partial charge is 0.283 e. The van der Waals surface area contributed by atoms with E-state index in [-0.39, 0.29) is 23.7 Å². The summed E-state index contributed by atoms with van der Waals surface area (Å²) in [5.74, 6) is -0.577. The number of fused-ring (bicyclic) bond motifs is 2. The third kappa shape index (κ3) is 4.68. The second-order valence-corrected chi connectivity index (χ2v) is 10.4. The number of amides is 2. The molecule has 4 heterocycles. The van der Waals surface area contributed by atoms with Crippen LogP contribution in [0.3, 0.4) is 0 Å². The topological polar surface area (TPSA) is 103 Å². The van der Waals surface area contributed by atoms with Gasteiger partial charge in [-0.3, -0.25) is 15.0 Å². The molecule has 0 saturated carbocycles. The fourth-order valence-electron chi connectivity index (χ4n) is 4.84. The number of aryl methyl sites for hydroxylation is 1. The third-order valence-corrected chi connectivity index (χ3v) is 7.63. The Morgan fingerprint density at radius 1 is 1.16 bits per heavy atom. The van der Waals surface area contributed by atoms with Gasteiger partial charge in [0.1, 0.15) is 5.04 Å². The Morgan fingerprint density at radius 2 is 1.97 bits per heavy atom. The molecular weight excluding hydrogens is 500 g/mol. The molecule has 6 rings (SSSR count). The highest BCUT2D eigenvalue weighted by atomic mass is 32.2. The van der Waals surface area contributed by atoms with Crippen LogP contribution in [0.4, 0.5) is 0 Å². The maximum absolute atomic E-state index is 13.0. The summed E-state index contributed by atoms with van der Waals surface area (Å²) in [5.41, 5.74) is 4.42. The SMILES string of the molecule is Cc1cccc(Cn2cc(/C=C3\C(=N)N4N=C(CC(=O)N5CCOCC5)SC4=NC3=O)c3ccccc32)c1. The molecule has 1 N–H and O–H groups in total. The number of ether oxygens (including phenoxy) is 1. The Labute approximate surface area is 224 Å². The predicted molar refractivity (Wildman–Crippen MR) is 149 cm³/mol. The molecule has 3 aliphatic rings. The number of morpholine rings is 1. The monoisotopic (exact) mass is 526 g/mol. The molecule has 0 unspecified atom stereocenters. The number of nitrogens with one attached hydrogen (secondary N) is 1. The average Bonchev–Trinajstić information content (AvgIpc) is 3.48. The zero-order valence-corrected chi connectivity index (χ0v) is 21.7. The Hall–Kier alpha value is -4.02. The highest BCUT2D eigenvalue weighted by Crippen LogP contribution is 2.31. The summed E-state index contributed by atoms with van der Waals surface area (Å²) in [7, 11) is 0. The molecule has 10 heteroatoms. The van der Waals surface area contributed by atoms with Crippen LogP contribution in [0.1, 0.15) is 23.1 Å². The number of benzene rings is 2. The van der Waals surface area contributed by atoms with Crippen molar-refractivity contribution in [3.63, 3.8) is 0 Å². The van der Waals surface area contributed by atoms with Gasteiger partial charge in [-0.15, -0.1) is 0 Å². The van der Waals surface area contributed by atoms with Crippen molar-refractivity contribution in [2.75, 3.05) is 26.3 Å². The molecule has 1 fully saturated rings. The average molecular weight is 527 g/mol. The van der Waals surface area contributed by atoms with Crippen molar-refractivity contribution in [1.29, 1.82) is 5.41 Å². The summed E-state index contributed by atoms with van der Waals surface area (Å²) in [6.45, 7) is 4.93. The second kappa shape index (κ2) is 10.0. The standard InChI is InChI=1S/C28H26N6O3S/c1-18-5-4-6-19(13-18)16-33-17-20(21-7-2-3-8-23(21)33)14-22-26(29)34-28(30-27(22)36)38-24(31-34)15-25(35)32-9-11-37-12-10-32/h2-8,13-14,17,29H,9-12,15-16H2,1H3/b22-14+,29-26?.